The molecule has 1 aliphatic heterocycles. The lowest BCUT2D eigenvalue weighted by Gasteiger charge is -2.36. The third kappa shape index (κ3) is 3.93. The van der Waals surface area contributed by atoms with Gasteiger partial charge in [-0.25, -0.2) is 8.42 Å². The molecule has 0 N–H and O–H groups in total. The van der Waals surface area contributed by atoms with E-state index in [0.29, 0.717) is 12.5 Å². The van der Waals surface area contributed by atoms with Crippen molar-refractivity contribution in [2.75, 3.05) is 12.8 Å². The van der Waals surface area contributed by atoms with Crippen LogP contribution in [0.1, 0.15) is 33.1 Å². The number of sulfonamides is 1. The van der Waals surface area contributed by atoms with Crippen LogP contribution in [0.4, 0.5) is 0 Å². The molecule has 0 aromatic rings. The summed E-state index contributed by atoms with van der Waals surface area (Å²) < 4.78 is 24.8. The van der Waals surface area contributed by atoms with Gasteiger partial charge in [0.15, 0.2) is 0 Å². The van der Waals surface area contributed by atoms with Crippen molar-refractivity contribution in [3.8, 4) is 0 Å². The molecule has 1 heterocycles. The Morgan fingerprint density at radius 1 is 1.47 bits per heavy atom. The van der Waals surface area contributed by atoms with Gasteiger partial charge < -0.3 is 0 Å². The fraction of sp³-hybridized carbons (Fsp3) is 1.00. The van der Waals surface area contributed by atoms with Crippen LogP contribution in [-0.4, -0.2) is 36.9 Å². The van der Waals surface area contributed by atoms with Gasteiger partial charge in [-0.15, -0.1) is 11.6 Å². The zero-order valence-corrected chi connectivity index (χ0v) is 11.2. The number of hydrogen-bond acceptors (Lipinski definition) is 2. The summed E-state index contributed by atoms with van der Waals surface area (Å²) in [6.07, 6.45) is 3.74. The van der Waals surface area contributed by atoms with Gasteiger partial charge in [-0.1, -0.05) is 13.8 Å². The van der Waals surface area contributed by atoms with Crippen molar-refractivity contribution in [2.45, 2.75) is 44.5 Å². The van der Waals surface area contributed by atoms with Crippen LogP contribution in [0.15, 0.2) is 0 Å². The normalized spacial score (nSPS) is 29.7. The van der Waals surface area contributed by atoms with Gasteiger partial charge in [-0.05, 0) is 25.2 Å². The van der Waals surface area contributed by atoms with E-state index in [9.17, 15) is 8.42 Å². The van der Waals surface area contributed by atoms with E-state index in [0.717, 1.165) is 19.3 Å². The van der Waals surface area contributed by atoms with E-state index >= 15 is 0 Å². The molecule has 0 radical (unpaired) electrons. The minimum absolute atomic E-state index is 0.0937. The molecule has 0 aliphatic carbocycles. The van der Waals surface area contributed by atoms with E-state index < -0.39 is 10.0 Å². The first-order chi connectivity index (χ1) is 6.80. The Labute approximate surface area is 97.8 Å². The van der Waals surface area contributed by atoms with Crippen molar-refractivity contribution < 1.29 is 8.42 Å². The lowest BCUT2D eigenvalue weighted by Crippen LogP contribution is -2.46. The highest BCUT2D eigenvalue weighted by Gasteiger charge is 2.33. The van der Waals surface area contributed by atoms with Crippen molar-refractivity contribution in [3.05, 3.63) is 0 Å². The molecule has 0 spiro atoms. The molecule has 0 aromatic carbocycles. The third-order valence-corrected chi connectivity index (χ3v) is 4.50. The van der Waals surface area contributed by atoms with Crippen LogP contribution >= 0.6 is 11.6 Å². The van der Waals surface area contributed by atoms with Gasteiger partial charge in [0.05, 0.1) is 6.26 Å². The van der Waals surface area contributed by atoms with E-state index in [1.165, 1.54) is 6.26 Å². The maximum atomic E-state index is 11.6. The van der Waals surface area contributed by atoms with Crippen molar-refractivity contribution in [1.82, 2.24) is 4.31 Å². The largest absolute Gasteiger partial charge is 0.212 e. The summed E-state index contributed by atoms with van der Waals surface area (Å²) in [5.41, 5.74) is 0. The standard InChI is InChI=1S/C10H20ClNO2S/c1-8(2)6-10-7-9(11)4-5-12(10)15(3,13)14/h8-10H,4-7H2,1-3H3/t9-,10+/m1/s1. The molecule has 1 saturated heterocycles. The van der Waals surface area contributed by atoms with Crippen molar-refractivity contribution >= 4 is 21.6 Å². The molecule has 5 heteroatoms. The first-order valence-corrected chi connectivity index (χ1v) is 7.70. The van der Waals surface area contributed by atoms with Crippen LogP contribution in [-0.2, 0) is 10.0 Å². The molecule has 1 aliphatic rings. The van der Waals surface area contributed by atoms with Crippen molar-refractivity contribution in [3.63, 3.8) is 0 Å². The molecule has 1 fully saturated rings. The average molecular weight is 254 g/mol. The second-order valence-corrected chi connectivity index (χ2v) is 7.33. The maximum Gasteiger partial charge on any atom is 0.211 e. The molecule has 2 atom stereocenters. The SMILES string of the molecule is CC(C)C[C@H]1C[C@H](Cl)CCN1S(C)(=O)=O. The Hall–Kier alpha value is 0.200. The van der Waals surface area contributed by atoms with E-state index in [-0.39, 0.29) is 11.4 Å². The van der Waals surface area contributed by atoms with Gasteiger partial charge in [0, 0.05) is 18.0 Å². The number of rotatable bonds is 3. The van der Waals surface area contributed by atoms with Gasteiger partial charge in [0.2, 0.25) is 10.0 Å². The van der Waals surface area contributed by atoms with E-state index in [4.69, 9.17) is 11.6 Å². The number of halogens is 1. The summed E-state index contributed by atoms with van der Waals surface area (Å²) >= 11 is 6.09. The van der Waals surface area contributed by atoms with Crippen LogP contribution in [0, 0.1) is 5.92 Å². The molecule has 0 amide bonds. The minimum Gasteiger partial charge on any atom is -0.212 e. The van der Waals surface area contributed by atoms with Crippen molar-refractivity contribution in [2.24, 2.45) is 5.92 Å². The molecule has 1 rings (SSSR count). The number of nitrogens with zero attached hydrogens (tertiary/aromatic N) is 1. The minimum atomic E-state index is -3.07. The summed E-state index contributed by atoms with van der Waals surface area (Å²) in [7, 11) is -3.07. The zero-order chi connectivity index (χ0) is 11.6. The Bertz CT molecular complexity index is 301. The summed E-state index contributed by atoms with van der Waals surface area (Å²) in [4.78, 5) is 0. The van der Waals surface area contributed by atoms with Gasteiger partial charge >= 0.3 is 0 Å². The van der Waals surface area contributed by atoms with E-state index in [2.05, 4.69) is 13.8 Å². The number of alkyl halides is 1. The average Bonchev–Trinajstić information content (AvgIpc) is 1.99. The van der Waals surface area contributed by atoms with Crippen molar-refractivity contribution in [1.29, 1.82) is 0 Å². The monoisotopic (exact) mass is 253 g/mol. The van der Waals surface area contributed by atoms with E-state index in [1.807, 2.05) is 0 Å². The third-order valence-electron chi connectivity index (χ3n) is 2.77. The Balaban J connectivity index is 2.75. The smallest absolute Gasteiger partial charge is 0.211 e. The second-order valence-electron chi connectivity index (χ2n) is 4.78. The van der Waals surface area contributed by atoms with Crippen LogP contribution in [0.2, 0.25) is 0 Å². The Morgan fingerprint density at radius 3 is 2.53 bits per heavy atom. The first-order valence-electron chi connectivity index (χ1n) is 5.41. The lowest BCUT2D eigenvalue weighted by atomic mass is 9.96. The molecule has 0 saturated carbocycles. The van der Waals surface area contributed by atoms with Crippen LogP contribution in [0.3, 0.4) is 0 Å². The molecule has 3 nitrogen and oxygen atoms in total. The van der Waals surface area contributed by atoms with Crippen LogP contribution in [0.5, 0.6) is 0 Å². The molecule has 0 bridgehead atoms. The molecule has 0 unspecified atom stereocenters. The highest BCUT2D eigenvalue weighted by molar-refractivity contribution is 7.88. The molecule has 15 heavy (non-hydrogen) atoms. The summed E-state index contributed by atoms with van der Waals surface area (Å²) in [6.45, 7) is 4.79. The Morgan fingerprint density at radius 2 is 2.07 bits per heavy atom. The molecule has 0 aromatic heterocycles. The predicted octanol–water partition coefficient (Wildman–Crippen LogP) is 2.06. The van der Waals surface area contributed by atoms with E-state index in [1.54, 1.807) is 4.31 Å². The van der Waals surface area contributed by atoms with Gasteiger partial charge in [-0.2, -0.15) is 4.31 Å². The van der Waals surface area contributed by atoms with Gasteiger partial charge in [-0.3, -0.25) is 0 Å². The molecule has 90 valence electrons. The highest BCUT2D eigenvalue weighted by Crippen LogP contribution is 2.27. The topological polar surface area (TPSA) is 37.4 Å². The summed E-state index contributed by atoms with van der Waals surface area (Å²) in [5, 5.41) is 0.131. The van der Waals surface area contributed by atoms with Gasteiger partial charge in [0.25, 0.3) is 0 Å². The number of piperidine rings is 1. The molecular formula is C10H20ClNO2S. The second kappa shape index (κ2) is 5.02. The quantitative estimate of drug-likeness (QED) is 0.722. The fourth-order valence-corrected chi connectivity index (χ4v) is 3.63. The van der Waals surface area contributed by atoms with Gasteiger partial charge in [0.1, 0.15) is 0 Å². The maximum absolute atomic E-state index is 11.6. The summed E-state index contributed by atoms with van der Waals surface area (Å²) in [6, 6.07) is 0.0937. The number of hydrogen-bond donors (Lipinski definition) is 0. The van der Waals surface area contributed by atoms with Crippen LogP contribution < -0.4 is 0 Å². The zero-order valence-electron chi connectivity index (χ0n) is 9.61. The lowest BCUT2D eigenvalue weighted by molar-refractivity contribution is 0.227. The van der Waals surface area contributed by atoms with Crippen LogP contribution in [0.25, 0.3) is 0 Å². The summed E-state index contributed by atoms with van der Waals surface area (Å²) in [5.74, 6) is 0.501. The Kier molecular flexibility index (Phi) is 4.44. The highest BCUT2D eigenvalue weighted by atomic mass is 35.5. The molecular weight excluding hydrogens is 234 g/mol. The fourth-order valence-electron chi connectivity index (χ4n) is 2.18. The predicted molar refractivity (Wildman–Crippen MR) is 63.7 cm³/mol. The first kappa shape index (κ1) is 13.3.